The fourth-order valence-electron chi connectivity index (χ4n) is 2.50. The first-order valence-electron chi connectivity index (χ1n) is 6.46. The van der Waals surface area contributed by atoms with E-state index in [1.165, 1.54) is 0 Å². The van der Waals surface area contributed by atoms with Gasteiger partial charge in [0, 0.05) is 11.7 Å². The number of nitriles is 1. The number of aryl methyl sites for hydroxylation is 1. The van der Waals surface area contributed by atoms with E-state index in [2.05, 4.69) is 16.4 Å². The van der Waals surface area contributed by atoms with Crippen LogP contribution in [0.4, 0.5) is 5.82 Å². The number of nitrogens with zero attached hydrogens (tertiary/aromatic N) is 2. The molecule has 0 radical (unpaired) electrons. The van der Waals surface area contributed by atoms with Crippen molar-refractivity contribution in [3.05, 3.63) is 23.4 Å². The second-order valence-corrected chi connectivity index (χ2v) is 5.03. The van der Waals surface area contributed by atoms with Crippen molar-refractivity contribution in [2.24, 2.45) is 5.92 Å². The molecule has 2 N–H and O–H groups in total. The molecule has 1 aromatic heterocycles. The molecule has 0 atom stereocenters. The Morgan fingerprint density at radius 1 is 1.42 bits per heavy atom. The highest BCUT2D eigenvalue weighted by atomic mass is 16.4. The van der Waals surface area contributed by atoms with E-state index in [9.17, 15) is 4.79 Å². The Labute approximate surface area is 112 Å². The van der Waals surface area contributed by atoms with Crippen molar-refractivity contribution in [1.29, 1.82) is 5.26 Å². The van der Waals surface area contributed by atoms with Gasteiger partial charge in [-0.25, -0.2) is 4.98 Å². The van der Waals surface area contributed by atoms with Gasteiger partial charge in [-0.3, -0.25) is 4.79 Å². The predicted molar refractivity (Wildman–Crippen MR) is 70.7 cm³/mol. The zero-order chi connectivity index (χ0) is 13.8. The van der Waals surface area contributed by atoms with Gasteiger partial charge in [-0.05, 0) is 44.7 Å². The van der Waals surface area contributed by atoms with Gasteiger partial charge in [-0.1, -0.05) is 0 Å². The maximum Gasteiger partial charge on any atom is 0.306 e. The molecule has 1 fully saturated rings. The first-order valence-corrected chi connectivity index (χ1v) is 6.46. The van der Waals surface area contributed by atoms with Gasteiger partial charge in [0.05, 0.1) is 17.6 Å². The standard InChI is InChI=1S/C14H17N3O2/c1-9-6-10(8-15)7-13(16-9)17-12-4-2-11(3-5-12)14(18)19/h6-7,11-12H,2-5H2,1H3,(H,16,17)(H,18,19). The van der Waals surface area contributed by atoms with E-state index in [1.54, 1.807) is 12.1 Å². The number of carboxylic acid groups (broad SMARTS) is 1. The normalized spacial score (nSPS) is 22.5. The molecule has 0 aliphatic heterocycles. The molecule has 1 heterocycles. The summed E-state index contributed by atoms with van der Waals surface area (Å²) in [6, 6.07) is 5.83. The summed E-state index contributed by atoms with van der Waals surface area (Å²) >= 11 is 0. The van der Waals surface area contributed by atoms with Crippen molar-refractivity contribution in [2.45, 2.75) is 38.6 Å². The maximum absolute atomic E-state index is 10.9. The predicted octanol–water partition coefficient (Wildman–Crippen LogP) is 2.32. The summed E-state index contributed by atoms with van der Waals surface area (Å²) < 4.78 is 0. The van der Waals surface area contributed by atoms with Crippen LogP contribution in [0.15, 0.2) is 12.1 Å². The van der Waals surface area contributed by atoms with E-state index in [4.69, 9.17) is 10.4 Å². The van der Waals surface area contributed by atoms with Crippen molar-refractivity contribution in [3.63, 3.8) is 0 Å². The molecule has 5 nitrogen and oxygen atoms in total. The molecule has 0 amide bonds. The number of aromatic nitrogens is 1. The van der Waals surface area contributed by atoms with Gasteiger partial charge in [0.25, 0.3) is 0 Å². The molecule has 2 rings (SSSR count). The third-order valence-electron chi connectivity index (χ3n) is 3.51. The first kappa shape index (κ1) is 13.3. The Morgan fingerprint density at radius 2 is 2.11 bits per heavy atom. The van der Waals surface area contributed by atoms with E-state index in [0.29, 0.717) is 24.2 Å². The lowest BCUT2D eigenvalue weighted by atomic mass is 9.86. The van der Waals surface area contributed by atoms with Gasteiger partial charge in [0.1, 0.15) is 5.82 Å². The van der Waals surface area contributed by atoms with Gasteiger partial charge in [-0.15, -0.1) is 0 Å². The molecular formula is C14H17N3O2. The molecule has 0 bridgehead atoms. The van der Waals surface area contributed by atoms with E-state index in [1.807, 2.05) is 6.92 Å². The lowest BCUT2D eigenvalue weighted by molar-refractivity contribution is -0.142. The van der Waals surface area contributed by atoms with Gasteiger partial charge in [-0.2, -0.15) is 5.26 Å². The fraction of sp³-hybridized carbons (Fsp3) is 0.500. The van der Waals surface area contributed by atoms with Crippen LogP contribution < -0.4 is 5.32 Å². The molecule has 1 aliphatic carbocycles. The second kappa shape index (κ2) is 5.70. The number of carbonyl (C=O) groups is 1. The lowest BCUT2D eigenvalue weighted by Gasteiger charge is -2.27. The molecular weight excluding hydrogens is 242 g/mol. The topological polar surface area (TPSA) is 86.0 Å². The Kier molecular flexibility index (Phi) is 4.00. The second-order valence-electron chi connectivity index (χ2n) is 5.03. The van der Waals surface area contributed by atoms with Gasteiger partial charge >= 0.3 is 5.97 Å². The van der Waals surface area contributed by atoms with Crippen molar-refractivity contribution >= 4 is 11.8 Å². The number of rotatable bonds is 3. The molecule has 1 saturated carbocycles. The molecule has 0 spiro atoms. The van der Waals surface area contributed by atoms with Crippen molar-refractivity contribution in [1.82, 2.24) is 4.98 Å². The van der Waals surface area contributed by atoms with Crippen LogP contribution in [0.2, 0.25) is 0 Å². The van der Waals surface area contributed by atoms with Crippen molar-refractivity contribution < 1.29 is 9.90 Å². The van der Waals surface area contributed by atoms with Crippen LogP contribution in [0.5, 0.6) is 0 Å². The summed E-state index contributed by atoms with van der Waals surface area (Å²) in [6.07, 6.45) is 3.05. The number of nitrogens with one attached hydrogen (secondary N) is 1. The Bertz CT molecular complexity index is 514. The van der Waals surface area contributed by atoms with Crippen LogP contribution >= 0.6 is 0 Å². The minimum absolute atomic E-state index is 0.210. The van der Waals surface area contributed by atoms with Crippen molar-refractivity contribution in [3.8, 4) is 6.07 Å². The van der Waals surface area contributed by atoms with Crippen molar-refractivity contribution in [2.75, 3.05) is 5.32 Å². The van der Waals surface area contributed by atoms with E-state index < -0.39 is 5.97 Å². The molecule has 0 aromatic carbocycles. The van der Waals surface area contributed by atoms with E-state index in [0.717, 1.165) is 18.5 Å². The molecule has 5 heteroatoms. The summed E-state index contributed by atoms with van der Waals surface area (Å²) in [4.78, 5) is 15.2. The lowest BCUT2D eigenvalue weighted by Crippen LogP contribution is -2.29. The fourth-order valence-corrected chi connectivity index (χ4v) is 2.50. The Morgan fingerprint density at radius 3 is 2.68 bits per heavy atom. The highest BCUT2D eigenvalue weighted by molar-refractivity contribution is 5.70. The molecule has 100 valence electrons. The van der Waals surface area contributed by atoms with Crippen LogP contribution in [0, 0.1) is 24.2 Å². The van der Waals surface area contributed by atoms with Gasteiger partial charge < -0.3 is 10.4 Å². The van der Waals surface area contributed by atoms with Crippen LogP contribution in [0.1, 0.15) is 36.9 Å². The SMILES string of the molecule is Cc1cc(C#N)cc(NC2CCC(C(=O)O)CC2)n1. The number of hydrogen-bond donors (Lipinski definition) is 2. The van der Waals surface area contributed by atoms with Crippen LogP contribution in [0.25, 0.3) is 0 Å². The summed E-state index contributed by atoms with van der Waals surface area (Å²) in [7, 11) is 0. The summed E-state index contributed by atoms with van der Waals surface area (Å²) in [6.45, 7) is 1.85. The van der Waals surface area contributed by atoms with Crippen LogP contribution in [-0.2, 0) is 4.79 Å². The molecule has 0 unspecified atom stereocenters. The van der Waals surface area contributed by atoms with Gasteiger partial charge in [0.2, 0.25) is 0 Å². The summed E-state index contributed by atoms with van der Waals surface area (Å²) in [5.41, 5.74) is 1.40. The van der Waals surface area contributed by atoms with Crippen LogP contribution in [-0.4, -0.2) is 22.1 Å². The Balaban J connectivity index is 1.98. The first-order chi connectivity index (χ1) is 9.08. The average Bonchev–Trinajstić information content (AvgIpc) is 2.38. The smallest absolute Gasteiger partial charge is 0.306 e. The third kappa shape index (κ3) is 3.44. The molecule has 1 aliphatic rings. The molecule has 1 aromatic rings. The monoisotopic (exact) mass is 259 g/mol. The number of pyridine rings is 1. The summed E-state index contributed by atoms with van der Waals surface area (Å²) in [5, 5.41) is 21.2. The molecule has 19 heavy (non-hydrogen) atoms. The zero-order valence-electron chi connectivity index (χ0n) is 10.9. The number of anilines is 1. The quantitative estimate of drug-likeness (QED) is 0.870. The number of carboxylic acids is 1. The zero-order valence-corrected chi connectivity index (χ0v) is 10.9. The minimum atomic E-state index is -0.695. The average molecular weight is 259 g/mol. The largest absolute Gasteiger partial charge is 0.481 e. The number of hydrogen-bond acceptors (Lipinski definition) is 4. The molecule has 0 saturated heterocycles. The van der Waals surface area contributed by atoms with Crippen LogP contribution in [0.3, 0.4) is 0 Å². The highest BCUT2D eigenvalue weighted by Crippen LogP contribution is 2.26. The third-order valence-corrected chi connectivity index (χ3v) is 3.51. The van der Waals surface area contributed by atoms with E-state index >= 15 is 0 Å². The van der Waals surface area contributed by atoms with E-state index in [-0.39, 0.29) is 12.0 Å². The highest BCUT2D eigenvalue weighted by Gasteiger charge is 2.25. The Hall–Kier alpha value is -2.09. The maximum atomic E-state index is 10.9. The number of aliphatic carboxylic acids is 1. The van der Waals surface area contributed by atoms with Gasteiger partial charge in [0.15, 0.2) is 0 Å². The summed E-state index contributed by atoms with van der Waals surface area (Å²) in [5.74, 6) is -0.201. The minimum Gasteiger partial charge on any atom is -0.481 e.